The molecule has 1 fully saturated rings. The summed E-state index contributed by atoms with van der Waals surface area (Å²) in [5.74, 6) is -1.92. The number of nitrogens with one attached hydrogen (secondary N) is 1. The molecule has 5 rings (SSSR count). The molecule has 3 aromatic heterocycles. The summed E-state index contributed by atoms with van der Waals surface area (Å²) >= 11 is 0. The van der Waals surface area contributed by atoms with E-state index < -0.39 is 47.7 Å². The Bertz CT molecular complexity index is 1820. The van der Waals surface area contributed by atoms with E-state index in [9.17, 15) is 32.7 Å². The number of aliphatic carboxylic acids is 1. The molecule has 0 unspecified atom stereocenters. The van der Waals surface area contributed by atoms with Gasteiger partial charge in [0.2, 0.25) is 5.91 Å². The standard InChI is InChI=1S/C35H40F3N5O4/c1-21(2)15-29(43-20-24(9-13-41-11-6-12-41)27(17-30(43)44)35(36,37)38)34(47)40-28(18-31(45)46)25-16-26(33-39-10-14-42(33)19-25)32-22(3)7-5-8-23(32)4/h5,7-8,10,14,16-17,19-21,28-29H,6,9,11-13,15,18H2,1-4H3,(H,40,47)(H,45,46)/t28-,29+/m0/s1. The van der Waals surface area contributed by atoms with Crippen molar-refractivity contribution in [2.45, 2.75) is 71.6 Å². The Morgan fingerprint density at radius 2 is 1.79 bits per heavy atom. The molecule has 47 heavy (non-hydrogen) atoms. The number of likely N-dealkylation sites (tertiary alicyclic amines) is 1. The van der Waals surface area contributed by atoms with E-state index in [-0.39, 0.29) is 24.3 Å². The molecule has 1 aromatic carbocycles. The summed E-state index contributed by atoms with van der Waals surface area (Å²) in [6.07, 6.45) is 2.26. The maximum absolute atomic E-state index is 14.1. The molecule has 0 aliphatic carbocycles. The third kappa shape index (κ3) is 7.59. The first-order valence-electron chi connectivity index (χ1n) is 15.8. The summed E-state index contributed by atoms with van der Waals surface area (Å²) < 4.78 is 44.9. The van der Waals surface area contributed by atoms with Gasteiger partial charge in [0.25, 0.3) is 5.56 Å². The monoisotopic (exact) mass is 651 g/mol. The second kappa shape index (κ2) is 13.7. The largest absolute Gasteiger partial charge is 0.481 e. The van der Waals surface area contributed by atoms with Crippen LogP contribution in [0.25, 0.3) is 16.8 Å². The number of alkyl halides is 3. The van der Waals surface area contributed by atoms with Crippen molar-refractivity contribution >= 4 is 17.5 Å². The number of carboxylic acid groups (broad SMARTS) is 1. The Labute approximate surface area is 271 Å². The van der Waals surface area contributed by atoms with Crippen molar-refractivity contribution in [2.24, 2.45) is 5.92 Å². The highest BCUT2D eigenvalue weighted by atomic mass is 19.4. The Kier molecular flexibility index (Phi) is 9.90. The van der Waals surface area contributed by atoms with E-state index >= 15 is 0 Å². The molecule has 0 saturated carbocycles. The SMILES string of the molecule is Cc1cccc(C)c1-c1cc([C@H](CC(=O)O)NC(=O)[C@@H](CC(C)C)n2cc(CCN3CCC3)c(C(F)(F)F)cc2=O)cn2ccnc12. The summed E-state index contributed by atoms with van der Waals surface area (Å²) in [6.45, 7) is 9.66. The maximum atomic E-state index is 14.1. The Morgan fingerprint density at radius 1 is 1.09 bits per heavy atom. The fourth-order valence-corrected chi connectivity index (χ4v) is 6.34. The van der Waals surface area contributed by atoms with Crippen molar-refractivity contribution in [3.8, 4) is 11.1 Å². The number of hydrogen-bond donors (Lipinski definition) is 2. The van der Waals surface area contributed by atoms with Gasteiger partial charge in [-0.1, -0.05) is 32.0 Å². The van der Waals surface area contributed by atoms with Crippen LogP contribution in [0.4, 0.5) is 13.2 Å². The lowest BCUT2D eigenvalue weighted by Gasteiger charge is -2.31. The van der Waals surface area contributed by atoms with Crippen molar-refractivity contribution in [1.82, 2.24) is 24.2 Å². The number of halogens is 3. The second-order valence-electron chi connectivity index (χ2n) is 12.8. The van der Waals surface area contributed by atoms with Gasteiger partial charge in [-0.3, -0.25) is 14.4 Å². The highest BCUT2D eigenvalue weighted by molar-refractivity contribution is 5.84. The molecule has 0 radical (unpaired) electrons. The van der Waals surface area contributed by atoms with Crippen LogP contribution in [-0.2, 0) is 22.2 Å². The lowest BCUT2D eigenvalue weighted by molar-refractivity contribution is -0.139. The van der Waals surface area contributed by atoms with E-state index in [2.05, 4.69) is 10.3 Å². The molecule has 12 heteroatoms. The third-order valence-corrected chi connectivity index (χ3v) is 8.80. The molecular formula is C35H40F3N5O4. The zero-order valence-corrected chi connectivity index (χ0v) is 27.0. The van der Waals surface area contributed by atoms with Crippen molar-refractivity contribution in [2.75, 3.05) is 19.6 Å². The van der Waals surface area contributed by atoms with Crippen LogP contribution in [0.5, 0.6) is 0 Å². The molecule has 0 bridgehead atoms. The number of carbonyl (C=O) groups excluding carboxylic acids is 1. The molecule has 4 aromatic rings. The molecule has 1 amide bonds. The van der Waals surface area contributed by atoms with Crippen LogP contribution in [-0.4, -0.2) is 55.5 Å². The van der Waals surface area contributed by atoms with Crippen LogP contribution in [0.1, 0.15) is 73.0 Å². The molecule has 0 spiro atoms. The number of fused-ring (bicyclic) bond motifs is 1. The number of amides is 1. The van der Waals surface area contributed by atoms with Gasteiger partial charge in [-0.05, 0) is 86.0 Å². The minimum Gasteiger partial charge on any atom is -0.481 e. The zero-order chi connectivity index (χ0) is 34.0. The second-order valence-corrected chi connectivity index (χ2v) is 12.8. The smallest absolute Gasteiger partial charge is 0.416 e. The first kappa shape index (κ1) is 33.9. The minimum atomic E-state index is -4.73. The minimum absolute atomic E-state index is 0.0588. The van der Waals surface area contributed by atoms with Crippen LogP contribution in [0.2, 0.25) is 0 Å². The normalized spacial score (nSPS) is 15.1. The molecular weight excluding hydrogens is 611 g/mol. The van der Waals surface area contributed by atoms with Crippen LogP contribution in [0, 0.1) is 19.8 Å². The average Bonchev–Trinajstić information content (AvgIpc) is 3.43. The van der Waals surface area contributed by atoms with E-state index in [4.69, 9.17) is 0 Å². The van der Waals surface area contributed by atoms with Crippen molar-refractivity contribution < 1.29 is 27.9 Å². The van der Waals surface area contributed by atoms with Crippen molar-refractivity contribution in [3.05, 3.63) is 93.3 Å². The van der Waals surface area contributed by atoms with E-state index in [0.717, 1.165) is 46.3 Å². The van der Waals surface area contributed by atoms with Gasteiger partial charge in [0.1, 0.15) is 11.7 Å². The molecule has 1 saturated heterocycles. The zero-order valence-electron chi connectivity index (χ0n) is 27.0. The highest BCUT2D eigenvalue weighted by Crippen LogP contribution is 2.34. The summed E-state index contributed by atoms with van der Waals surface area (Å²) in [5, 5.41) is 12.7. The van der Waals surface area contributed by atoms with E-state index in [1.54, 1.807) is 23.0 Å². The van der Waals surface area contributed by atoms with Gasteiger partial charge in [0.05, 0.1) is 18.0 Å². The Morgan fingerprint density at radius 3 is 2.38 bits per heavy atom. The third-order valence-electron chi connectivity index (χ3n) is 8.80. The highest BCUT2D eigenvalue weighted by Gasteiger charge is 2.36. The molecule has 2 atom stereocenters. The van der Waals surface area contributed by atoms with Crippen LogP contribution >= 0.6 is 0 Å². The molecule has 4 heterocycles. The summed E-state index contributed by atoms with van der Waals surface area (Å²) in [5.41, 5.74) is 2.84. The predicted molar refractivity (Wildman–Crippen MR) is 172 cm³/mol. The van der Waals surface area contributed by atoms with Gasteiger partial charge < -0.3 is 24.3 Å². The number of aryl methyl sites for hydroxylation is 2. The molecule has 1 aliphatic heterocycles. The number of nitrogens with zero attached hydrogens (tertiary/aromatic N) is 4. The fraction of sp³-hybridized carbons (Fsp3) is 0.429. The molecule has 2 N–H and O–H groups in total. The maximum Gasteiger partial charge on any atom is 0.416 e. The van der Waals surface area contributed by atoms with E-state index in [1.807, 2.05) is 56.9 Å². The van der Waals surface area contributed by atoms with Crippen molar-refractivity contribution in [1.29, 1.82) is 0 Å². The first-order chi connectivity index (χ1) is 22.2. The number of benzene rings is 1. The molecule has 1 aliphatic rings. The fourth-order valence-electron chi connectivity index (χ4n) is 6.34. The lowest BCUT2D eigenvalue weighted by Crippen LogP contribution is -2.41. The number of carboxylic acids is 1. The number of pyridine rings is 2. The number of aromatic nitrogens is 3. The number of carbonyl (C=O) groups is 2. The van der Waals surface area contributed by atoms with Gasteiger partial charge in [0, 0.05) is 43.0 Å². The Hall–Kier alpha value is -4.45. The Balaban J connectivity index is 1.55. The van der Waals surface area contributed by atoms with Crippen LogP contribution < -0.4 is 10.9 Å². The summed E-state index contributed by atoms with van der Waals surface area (Å²) in [4.78, 5) is 46.0. The van der Waals surface area contributed by atoms with E-state index in [0.29, 0.717) is 23.8 Å². The van der Waals surface area contributed by atoms with Gasteiger partial charge in [0.15, 0.2) is 0 Å². The van der Waals surface area contributed by atoms with Gasteiger partial charge in [-0.2, -0.15) is 13.2 Å². The summed E-state index contributed by atoms with van der Waals surface area (Å²) in [6, 6.07) is 6.11. The van der Waals surface area contributed by atoms with Gasteiger partial charge >= 0.3 is 12.1 Å². The average molecular weight is 652 g/mol. The van der Waals surface area contributed by atoms with E-state index in [1.165, 1.54) is 6.20 Å². The van der Waals surface area contributed by atoms with Crippen LogP contribution in [0.3, 0.4) is 0 Å². The topological polar surface area (TPSA) is 109 Å². The lowest BCUT2D eigenvalue weighted by atomic mass is 9.93. The number of hydrogen-bond acceptors (Lipinski definition) is 5. The predicted octanol–water partition coefficient (Wildman–Crippen LogP) is 5.97. The van der Waals surface area contributed by atoms with Gasteiger partial charge in [-0.15, -0.1) is 0 Å². The van der Waals surface area contributed by atoms with Crippen LogP contribution in [0.15, 0.2) is 59.9 Å². The first-order valence-corrected chi connectivity index (χ1v) is 15.8. The molecule has 250 valence electrons. The molecule has 9 nitrogen and oxygen atoms in total. The quantitative estimate of drug-likeness (QED) is 0.196. The number of rotatable bonds is 12. The van der Waals surface area contributed by atoms with Crippen molar-refractivity contribution in [3.63, 3.8) is 0 Å². The van der Waals surface area contributed by atoms with Gasteiger partial charge in [-0.25, -0.2) is 4.98 Å². The number of imidazole rings is 1. The summed E-state index contributed by atoms with van der Waals surface area (Å²) in [7, 11) is 0.